The summed E-state index contributed by atoms with van der Waals surface area (Å²) in [5.74, 6) is 0.843. The van der Waals surface area contributed by atoms with E-state index in [2.05, 4.69) is 25.5 Å². The maximum atomic E-state index is 11.9. The van der Waals surface area contributed by atoms with Gasteiger partial charge in [0.25, 0.3) is 0 Å². The molecule has 1 N–H and O–H groups in total. The van der Waals surface area contributed by atoms with Crippen LogP contribution in [0.5, 0.6) is 0 Å². The van der Waals surface area contributed by atoms with Crippen molar-refractivity contribution in [3.63, 3.8) is 0 Å². The molecule has 0 fully saturated rings. The number of nitrogens with one attached hydrogen (secondary N) is 1. The quantitative estimate of drug-likeness (QED) is 0.722. The van der Waals surface area contributed by atoms with Crippen LogP contribution in [0.3, 0.4) is 0 Å². The van der Waals surface area contributed by atoms with Crippen molar-refractivity contribution in [3.05, 3.63) is 49.1 Å². The van der Waals surface area contributed by atoms with Crippen molar-refractivity contribution in [1.29, 1.82) is 0 Å². The van der Waals surface area contributed by atoms with Crippen LogP contribution in [0.2, 0.25) is 0 Å². The minimum absolute atomic E-state index is 0.117. The lowest BCUT2D eigenvalue weighted by atomic mass is 10.3. The fourth-order valence-electron chi connectivity index (χ4n) is 1.95. The molecule has 23 heavy (non-hydrogen) atoms. The minimum Gasteiger partial charge on any atom is -0.324 e. The average molecular weight is 326 g/mol. The Labute approximate surface area is 137 Å². The van der Waals surface area contributed by atoms with E-state index in [0.29, 0.717) is 16.7 Å². The number of hydrogen-bond acceptors (Lipinski definition) is 6. The van der Waals surface area contributed by atoms with Gasteiger partial charge in [-0.1, -0.05) is 11.8 Å². The van der Waals surface area contributed by atoms with Crippen LogP contribution < -0.4 is 5.32 Å². The third kappa shape index (κ3) is 3.72. The number of thioether (sulfide) groups is 1. The van der Waals surface area contributed by atoms with Gasteiger partial charge in [-0.3, -0.25) is 14.8 Å². The van der Waals surface area contributed by atoms with E-state index >= 15 is 0 Å². The molecule has 0 saturated heterocycles. The molecule has 116 valence electrons. The summed E-state index contributed by atoms with van der Waals surface area (Å²) in [4.78, 5) is 20.0. The van der Waals surface area contributed by atoms with Crippen molar-refractivity contribution in [2.75, 3.05) is 11.1 Å². The zero-order valence-corrected chi connectivity index (χ0v) is 13.2. The molecule has 0 aliphatic heterocycles. The normalized spacial score (nSPS) is 10.5. The number of anilines is 1. The number of amides is 1. The summed E-state index contributed by atoms with van der Waals surface area (Å²) in [6.45, 7) is 0. The highest BCUT2D eigenvalue weighted by Crippen LogP contribution is 2.21. The molecular formula is C15H14N6OS. The molecule has 3 aromatic rings. The monoisotopic (exact) mass is 326 g/mol. The number of carbonyl (C=O) groups is 1. The zero-order chi connectivity index (χ0) is 16.1. The van der Waals surface area contributed by atoms with Crippen molar-refractivity contribution >= 4 is 23.4 Å². The first-order valence-corrected chi connectivity index (χ1v) is 7.85. The zero-order valence-electron chi connectivity index (χ0n) is 12.4. The molecule has 0 aliphatic rings. The number of carbonyl (C=O) groups excluding carboxylic acids is 1. The van der Waals surface area contributed by atoms with E-state index < -0.39 is 0 Å². The topological polar surface area (TPSA) is 85.6 Å². The van der Waals surface area contributed by atoms with Gasteiger partial charge in [-0.25, -0.2) is 0 Å². The SMILES string of the molecule is Cn1c(SCC(=O)Nc2cccnc2)nnc1-c1cccnc1. The van der Waals surface area contributed by atoms with E-state index in [1.165, 1.54) is 11.8 Å². The smallest absolute Gasteiger partial charge is 0.234 e. The van der Waals surface area contributed by atoms with Crippen LogP contribution in [0, 0.1) is 0 Å². The van der Waals surface area contributed by atoms with Gasteiger partial charge in [-0.05, 0) is 24.3 Å². The van der Waals surface area contributed by atoms with E-state index in [1.54, 1.807) is 36.9 Å². The number of pyridine rings is 2. The Morgan fingerprint density at radius 1 is 1.17 bits per heavy atom. The van der Waals surface area contributed by atoms with Crippen LogP contribution in [0.25, 0.3) is 11.4 Å². The van der Waals surface area contributed by atoms with Gasteiger partial charge in [0, 0.05) is 31.2 Å². The molecule has 8 heteroatoms. The summed E-state index contributed by atoms with van der Waals surface area (Å²) in [6.07, 6.45) is 6.70. The Morgan fingerprint density at radius 3 is 2.65 bits per heavy atom. The molecule has 1 amide bonds. The second-order valence-corrected chi connectivity index (χ2v) is 5.63. The van der Waals surface area contributed by atoms with Crippen LogP contribution in [0.15, 0.2) is 54.2 Å². The molecule has 0 radical (unpaired) electrons. The summed E-state index contributed by atoms with van der Waals surface area (Å²) in [5, 5.41) is 11.7. The second kappa shape index (κ2) is 7.01. The van der Waals surface area contributed by atoms with Crippen LogP contribution in [-0.4, -0.2) is 36.4 Å². The third-order valence-electron chi connectivity index (χ3n) is 3.03. The third-order valence-corrected chi connectivity index (χ3v) is 4.05. The Hall–Kier alpha value is -2.74. The first-order valence-electron chi connectivity index (χ1n) is 6.86. The summed E-state index contributed by atoms with van der Waals surface area (Å²) < 4.78 is 1.85. The molecule has 3 aromatic heterocycles. The van der Waals surface area contributed by atoms with Crippen molar-refractivity contribution in [3.8, 4) is 11.4 Å². The molecule has 7 nitrogen and oxygen atoms in total. The van der Waals surface area contributed by atoms with Crippen LogP contribution >= 0.6 is 11.8 Å². The van der Waals surface area contributed by atoms with Crippen molar-refractivity contribution < 1.29 is 4.79 Å². The minimum atomic E-state index is -0.117. The predicted octanol–water partition coefficient (Wildman–Crippen LogP) is 2.00. The molecule has 0 aliphatic carbocycles. The highest BCUT2D eigenvalue weighted by Gasteiger charge is 2.13. The van der Waals surface area contributed by atoms with E-state index in [-0.39, 0.29) is 11.7 Å². The standard InChI is InChI=1S/C15H14N6OS/c1-21-14(11-4-2-6-16-8-11)19-20-15(21)23-10-13(22)18-12-5-3-7-17-9-12/h2-9H,10H2,1H3,(H,18,22). The van der Waals surface area contributed by atoms with Gasteiger partial charge >= 0.3 is 0 Å². The highest BCUT2D eigenvalue weighted by molar-refractivity contribution is 7.99. The highest BCUT2D eigenvalue weighted by atomic mass is 32.2. The van der Waals surface area contributed by atoms with Crippen LogP contribution in [0.1, 0.15) is 0 Å². The Morgan fingerprint density at radius 2 is 1.96 bits per heavy atom. The van der Waals surface area contributed by atoms with Gasteiger partial charge < -0.3 is 9.88 Å². The molecular weight excluding hydrogens is 312 g/mol. The number of nitrogens with zero attached hydrogens (tertiary/aromatic N) is 5. The van der Waals surface area contributed by atoms with Crippen molar-refractivity contribution in [2.24, 2.45) is 7.05 Å². The van der Waals surface area contributed by atoms with E-state index in [0.717, 1.165) is 5.56 Å². The summed E-state index contributed by atoms with van der Waals surface area (Å²) in [7, 11) is 1.86. The fourth-order valence-corrected chi connectivity index (χ4v) is 2.66. The van der Waals surface area contributed by atoms with Crippen LogP contribution in [-0.2, 0) is 11.8 Å². The van der Waals surface area contributed by atoms with Crippen LogP contribution in [0.4, 0.5) is 5.69 Å². The maximum Gasteiger partial charge on any atom is 0.234 e. The number of hydrogen-bond donors (Lipinski definition) is 1. The molecule has 3 rings (SSSR count). The van der Waals surface area contributed by atoms with Gasteiger partial charge in [0.15, 0.2) is 11.0 Å². The lowest BCUT2D eigenvalue weighted by molar-refractivity contribution is -0.113. The van der Waals surface area contributed by atoms with Gasteiger partial charge in [-0.15, -0.1) is 10.2 Å². The number of rotatable bonds is 5. The Balaban J connectivity index is 1.63. The Bertz CT molecular complexity index is 790. The molecule has 0 aromatic carbocycles. The summed E-state index contributed by atoms with van der Waals surface area (Å²) >= 11 is 1.33. The molecule has 0 unspecified atom stereocenters. The van der Waals surface area contributed by atoms with Gasteiger partial charge in [0.05, 0.1) is 17.6 Å². The number of aromatic nitrogens is 5. The average Bonchev–Trinajstić information content (AvgIpc) is 2.95. The lowest BCUT2D eigenvalue weighted by Gasteiger charge is -2.05. The maximum absolute atomic E-state index is 11.9. The molecule has 0 spiro atoms. The lowest BCUT2D eigenvalue weighted by Crippen LogP contribution is -2.14. The van der Waals surface area contributed by atoms with E-state index in [9.17, 15) is 4.79 Å². The van der Waals surface area contributed by atoms with Crippen molar-refractivity contribution in [1.82, 2.24) is 24.7 Å². The Kier molecular flexibility index (Phi) is 4.62. The van der Waals surface area contributed by atoms with E-state index in [1.807, 2.05) is 23.7 Å². The largest absolute Gasteiger partial charge is 0.324 e. The second-order valence-electron chi connectivity index (χ2n) is 4.69. The van der Waals surface area contributed by atoms with Gasteiger partial charge in [0.1, 0.15) is 0 Å². The van der Waals surface area contributed by atoms with E-state index in [4.69, 9.17) is 0 Å². The van der Waals surface area contributed by atoms with Crippen molar-refractivity contribution in [2.45, 2.75) is 5.16 Å². The predicted molar refractivity (Wildman–Crippen MR) is 87.8 cm³/mol. The summed E-state index contributed by atoms with van der Waals surface area (Å²) in [5.41, 5.74) is 1.56. The molecule has 3 heterocycles. The molecule has 0 atom stereocenters. The first kappa shape index (κ1) is 15.2. The van der Waals surface area contributed by atoms with Gasteiger partial charge in [0.2, 0.25) is 5.91 Å². The van der Waals surface area contributed by atoms with Gasteiger partial charge in [-0.2, -0.15) is 0 Å². The molecule has 0 bridgehead atoms. The first-order chi connectivity index (χ1) is 11.2. The fraction of sp³-hybridized carbons (Fsp3) is 0.133. The summed E-state index contributed by atoms with van der Waals surface area (Å²) in [6, 6.07) is 7.32. The molecule has 0 saturated carbocycles.